The molecule has 7 heteroatoms. The van der Waals surface area contributed by atoms with Gasteiger partial charge < -0.3 is 0 Å². The Balaban J connectivity index is 1.98. The molecule has 104 valence electrons. The molecule has 0 radical (unpaired) electrons. The lowest BCUT2D eigenvalue weighted by Crippen LogP contribution is -2.54. The Morgan fingerprint density at radius 1 is 1.15 bits per heavy atom. The standard InChI is InChI=1S/C13H11FN2O4/c14-7-3-1-2-6-10(7)13(20)16(12(6)19)8-4-5-9(17)15-11(8)18/h2,8H,1,3-5H2,(H,15,17,18). The van der Waals surface area contributed by atoms with Gasteiger partial charge in [-0.15, -0.1) is 0 Å². The first kappa shape index (κ1) is 12.7. The minimum Gasteiger partial charge on any atom is -0.295 e. The molecule has 0 aromatic carbocycles. The summed E-state index contributed by atoms with van der Waals surface area (Å²) in [5.41, 5.74) is -0.200. The van der Waals surface area contributed by atoms with Crippen LogP contribution in [0.3, 0.4) is 0 Å². The highest BCUT2D eigenvalue weighted by atomic mass is 19.1. The maximum atomic E-state index is 13.7. The van der Waals surface area contributed by atoms with Gasteiger partial charge in [-0.2, -0.15) is 0 Å². The molecule has 0 spiro atoms. The van der Waals surface area contributed by atoms with Crippen molar-refractivity contribution in [2.24, 2.45) is 0 Å². The van der Waals surface area contributed by atoms with Crippen molar-refractivity contribution in [1.29, 1.82) is 0 Å². The molecule has 2 heterocycles. The maximum absolute atomic E-state index is 13.7. The van der Waals surface area contributed by atoms with Crippen LogP contribution in [0.2, 0.25) is 0 Å². The van der Waals surface area contributed by atoms with E-state index in [2.05, 4.69) is 5.32 Å². The quantitative estimate of drug-likeness (QED) is 0.690. The van der Waals surface area contributed by atoms with Gasteiger partial charge in [0.05, 0.1) is 11.1 Å². The molecule has 0 aromatic heterocycles. The lowest BCUT2D eigenvalue weighted by atomic mass is 9.99. The van der Waals surface area contributed by atoms with Crippen molar-refractivity contribution in [1.82, 2.24) is 10.2 Å². The summed E-state index contributed by atoms with van der Waals surface area (Å²) >= 11 is 0. The molecule has 0 aromatic rings. The van der Waals surface area contributed by atoms with Crippen molar-refractivity contribution < 1.29 is 23.6 Å². The van der Waals surface area contributed by atoms with Crippen molar-refractivity contribution in [3.8, 4) is 0 Å². The molecule has 1 unspecified atom stereocenters. The Morgan fingerprint density at radius 3 is 2.55 bits per heavy atom. The third-order valence-corrected chi connectivity index (χ3v) is 3.66. The van der Waals surface area contributed by atoms with Crippen molar-refractivity contribution in [2.45, 2.75) is 31.7 Å². The summed E-state index contributed by atoms with van der Waals surface area (Å²) in [6.07, 6.45) is 2.08. The van der Waals surface area contributed by atoms with Crippen LogP contribution in [0.5, 0.6) is 0 Å². The molecule has 3 rings (SSSR count). The van der Waals surface area contributed by atoms with Gasteiger partial charge in [-0.05, 0) is 12.8 Å². The molecular formula is C13H11FN2O4. The van der Waals surface area contributed by atoms with E-state index in [0.29, 0.717) is 6.42 Å². The van der Waals surface area contributed by atoms with E-state index in [1.807, 2.05) is 0 Å². The molecule has 4 amide bonds. The summed E-state index contributed by atoms with van der Waals surface area (Å²) < 4.78 is 13.7. The average molecular weight is 278 g/mol. The van der Waals surface area contributed by atoms with Crippen LogP contribution in [0.15, 0.2) is 23.0 Å². The van der Waals surface area contributed by atoms with Crippen LogP contribution in [0.1, 0.15) is 25.7 Å². The molecule has 2 saturated heterocycles. The highest BCUT2D eigenvalue weighted by molar-refractivity contribution is 6.26. The fourth-order valence-corrected chi connectivity index (χ4v) is 2.70. The van der Waals surface area contributed by atoms with E-state index in [9.17, 15) is 23.6 Å². The minimum absolute atomic E-state index is 0.0310. The van der Waals surface area contributed by atoms with E-state index in [4.69, 9.17) is 0 Å². The number of hydrogen-bond donors (Lipinski definition) is 1. The van der Waals surface area contributed by atoms with Gasteiger partial charge >= 0.3 is 0 Å². The van der Waals surface area contributed by atoms with Crippen LogP contribution in [0.4, 0.5) is 4.39 Å². The number of carbonyl (C=O) groups excluding carboxylic acids is 4. The zero-order valence-corrected chi connectivity index (χ0v) is 10.4. The number of fused-ring (bicyclic) bond motifs is 1. The van der Waals surface area contributed by atoms with Crippen LogP contribution in [0, 0.1) is 0 Å². The third-order valence-electron chi connectivity index (χ3n) is 3.66. The summed E-state index contributed by atoms with van der Waals surface area (Å²) in [7, 11) is 0. The maximum Gasteiger partial charge on any atom is 0.264 e. The van der Waals surface area contributed by atoms with Crippen LogP contribution in [-0.2, 0) is 19.2 Å². The molecule has 0 bridgehead atoms. The zero-order valence-electron chi connectivity index (χ0n) is 10.4. The molecule has 1 N–H and O–H groups in total. The van der Waals surface area contributed by atoms with Gasteiger partial charge in [-0.25, -0.2) is 4.39 Å². The number of amides is 4. The Morgan fingerprint density at radius 2 is 1.90 bits per heavy atom. The summed E-state index contributed by atoms with van der Waals surface area (Å²) in [6, 6.07) is -1.04. The number of nitrogens with zero attached hydrogens (tertiary/aromatic N) is 1. The van der Waals surface area contributed by atoms with Crippen molar-refractivity contribution >= 4 is 23.6 Å². The van der Waals surface area contributed by atoms with E-state index < -0.39 is 35.5 Å². The molecule has 3 aliphatic rings. The average Bonchev–Trinajstić information content (AvgIpc) is 2.64. The third kappa shape index (κ3) is 1.70. The fourth-order valence-electron chi connectivity index (χ4n) is 2.70. The zero-order chi connectivity index (χ0) is 14.4. The number of nitrogens with one attached hydrogen (secondary N) is 1. The molecule has 2 aliphatic heterocycles. The highest BCUT2D eigenvalue weighted by Crippen LogP contribution is 2.36. The lowest BCUT2D eigenvalue weighted by Gasteiger charge is -2.27. The summed E-state index contributed by atoms with van der Waals surface area (Å²) in [6.45, 7) is 0. The Kier molecular flexibility index (Phi) is 2.77. The number of piperidine rings is 1. The van der Waals surface area contributed by atoms with Crippen LogP contribution < -0.4 is 5.32 Å². The van der Waals surface area contributed by atoms with E-state index in [0.717, 1.165) is 4.90 Å². The topological polar surface area (TPSA) is 83.6 Å². The second kappa shape index (κ2) is 4.36. The monoisotopic (exact) mass is 278 g/mol. The largest absolute Gasteiger partial charge is 0.295 e. The first-order valence-corrected chi connectivity index (χ1v) is 6.31. The number of rotatable bonds is 1. The molecule has 0 saturated carbocycles. The van der Waals surface area contributed by atoms with Gasteiger partial charge in [0.2, 0.25) is 11.8 Å². The number of hydrogen-bond acceptors (Lipinski definition) is 4. The molecule has 2 fully saturated rings. The second-order valence-corrected chi connectivity index (χ2v) is 4.88. The van der Waals surface area contributed by atoms with Gasteiger partial charge in [0, 0.05) is 12.8 Å². The highest BCUT2D eigenvalue weighted by Gasteiger charge is 2.48. The predicted molar refractivity (Wildman–Crippen MR) is 63.5 cm³/mol. The molecule has 6 nitrogen and oxygen atoms in total. The van der Waals surface area contributed by atoms with Crippen LogP contribution in [-0.4, -0.2) is 34.6 Å². The van der Waals surface area contributed by atoms with Gasteiger partial charge in [-0.3, -0.25) is 29.4 Å². The summed E-state index contributed by atoms with van der Waals surface area (Å²) in [5.74, 6) is -3.19. The van der Waals surface area contributed by atoms with E-state index >= 15 is 0 Å². The first-order valence-electron chi connectivity index (χ1n) is 6.31. The summed E-state index contributed by atoms with van der Waals surface area (Å²) in [4.78, 5) is 48.0. The smallest absolute Gasteiger partial charge is 0.264 e. The Hall–Kier alpha value is -2.31. The molecule has 20 heavy (non-hydrogen) atoms. The van der Waals surface area contributed by atoms with E-state index in [1.54, 1.807) is 0 Å². The van der Waals surface area contributed by atoms with Gasteiger partial charge in [0.15, 0.2) is 0 Å². The Bertz CT molecular complexity index is 620. The van der Waals surface area contributed by atoms with E-state index in [-0.39, 0.29) is 30.4 Å². The predicted octanol–water partition coefficient (Wildman–Crippen LogP) is 0.104. The van der Waals surface area contributed by atoms with Gasteiger partial charge in [-0.1, -0.05) is 6.08 Å². The second-order valence-electron chi connectivity index (χ2n) is 4.88. The number of carbonyl (C=O) groups is 4. The van der Waals surface area contributed by atoms with Crippen molar-refractivity contribution in [3.63, 3.8) is 0 Å². The summed E-state index contributed by atoms with van der Waals surface area (Å²) in [5, 5.41) is 2.09. The Labute approximate surface area is 113 Å². The van der Waals surface area contributed by atoms with Gasteiger partial charge in [0.1, 0.15) is 11.9 Å². The number of likely N-dealkylation sites (tertiary alicyclic amines) is 1. The molecule has 1 atom stereocenters. The number of imide groups is 2. The SMILES string of the molecule is O=C1CCC(N2C(=O)C3=CCCC(F)=C3C2=O)C(=O)N1. The van der Waals surface area contributed by atoms with E-state index in [1.165, 1.54) is 6.08 Å². The molecule has 1 aliphatic carbocycles. The van der Waals surface area contributed by atoms with Crippen LogP contribution >= 0.6 is 0 Å². The fraction of sp³-hybridized carbons (Fsp3) is 0.385. The lowest BCUT2D eigenvalue weighted by molar-refractivity contribution is -0.149. The number of halogens is 1. The van der Waals surface area contributed by atoms with Crippen LogP contribution in [0.25, 0.3) is 0 Å². The van der Waals surface area contributed by atoms with Crippen molar-refractivity contribution in [2.75, 3.05) is 0 Å². The van der Waals surface area contributed by atoms with Gasteiger partial charge in [0.25, 0.3) is 11.8 Å². The number of allylic oxidation sites excluding steroid dienone is 2. The normalized spacial score (nSPS) is 26.8. The first-order chi connectivity index (χ1) is 9.50. The molecular weight excluding hydrogens is 267 g/mol. The van der Waals surface area contributed by atoms with Crippen molar-refractivity contribution in [3.05, 3.63) is 23.0 Å². The minimum atomic E-state index is -1.04.